The summed E-state index contributed by atoms with van der Waals surface area (Å²) >= 11 is 0. The Morgan fingerprint density at radius 1 is 1.00 bits per heavy atom. The molecule has 4 heteroatoms. The monoisotopic (exact) mass is 250 g/mol. The van der Waals surface area contributed by atoms with Gasteiger partial charge in [-0.05, 0) is 36.2 Å². The van der Waals surface area contributed by atoms with Crippen LogP contribution in [0.25, 0.3) is 11.0 Å². The Morgan fingerprint density at radius 3 is 2.68 bits per heavy atom. The first-order valence-electron chi connectivity index (χ1n) is 6.29. The van der Waals surface area contributed by atoms with Crippen molar-refractivity contribution in [1.29, 1.82) is 0 Å². The highest BCUT2D eigenvalue weighted by Gasteiger charge is 2.01. The molecule has 3 rings (SSSR count). The number of pyridine rings is 1. The molecule has 0 fully saturated rings. The van der Waals surface area contributed by atoms with E-state index in [-0.39, 0.29) is 0 Å². The van der Waals surface area contributed by atoms with E-state index in [1.165, 1.54) is 5.56 Å². The minimum atomic E-state index is 0.708. The number of benzene rings is 1. The van der Waals surface area contributed by atoms with Gasteiger partial charge in [-0.3, -0.25) is 4.98 Å². The van der Waals surface area contributed by atoms with E-state index >= 15 is 0 Å². The first kappa shape index (κ1) is 11.6. The van der Waals surface area contributed by atoms with Crippen LogP contribution in [0.15, 0.2) is 48.8 Å². The summed E-state index contributed by atoms with van der Waals surface area (Å²) in [6.07, 6.45) is 4.51. The molecule has 1 aromatic carbocycles. The SMILES string of the molecule is CCc1ccnc(Nc2cnc3ccccc3n2)c1. The Morgan fingerprint density at radius 2 is 1.84 bits per heavy atom. The highest BCUT2D eigenvalue weighted by molar-refractivity contribution is 5.75. The molecule has 2 aromatic heterocycles. The molecule has 0 bridgehead atoms. The number of fused-ring (bicyclic) bond motifs is 1. The van der Waals surface area contributed by atoms with E-state index in [1.807, 2.05) is 36.4 Å². The van der Waals surface area contributed by atoms with E-state index in [1.54, 1.807) is 12.4 Å². The molecule has 2 heterocycles. The fourth-order valence-electron chi connectivity index (χ4n) is 1.91. The van der Waals surface area contributed by atoms with Gasteiger partial charge in [-0.1, -0.05) is 19.1 Å². The molecule has 19 heavy (non-hydrogen) atoms. The molecule has 0 saturated carbocycles. The largest absolute Gasteiger partial charge is 0.324 e. The minimum absolute atomic E-state index is 0.708. The van der Waals surface area contributed by atoms with Gasteiger partial charge in [-0.25, -0.2) is 9.97 Å². The van der Waals surface area contributed by atoms with Gasteiger partial charge >= 0.3 is 0 Å². The van der Waals surface area contributed by atoms with Crippen LogP contribution in [-0.2, 0) is 6.42 Å². The van der Waals surface area contributed by atoms with Crippen LogP contribution < -0.4 is 5.32 Å². The van der Waals surface area contributed by atoms with Crippen molar-refractivity contribution in [2.24, 2.45) is 0 Å². The van der Waals surface area contributed by atoms with E-state index in [4.69, 9.17) is 0 Å². The summed E-state index contributed by atoms with van der Waals surface area (Å²) in [7, 11) is 0. The van der Waals surface area contributed by atoms with Crippen molar-refractivity contribution in [2.45, 2.75) is 13.3 Å². The summed E-state index contributed by atoms with van der Waals surface area (Å²) in [5, 5.41) is 3.19. The van der Waals surface area contributed by atoms with Crippen molar-refractivity contribution in [2.75, 3.05) is 5.32 Å². The molecule has 1 N–H and O–H groups in total. The van der Waals surface area contributed by atoms with Crippen molar-refractivity contribution in [3.8, 4) is 0 Å². The smallest absolute Gasteiger partial charge is 0.150 e. The maximum absolute atomic E-state index is 4.51. The lowest BCUT2D eigenvalue weighted by molar-refractivity contribution is 1.12. The number of hydrogen-bond acceptors (Lipinski definition) is 4. The standard InChI is InChI=1S/C15H14N4/c1-2-11-7-8-16-14(9-11)19-15-10-17-12-5-3-4-6-13(12)18-15/h3-10H,2H2,1H3,(H,16,18,19). The van der Waals surface area contributed by atoms with E-state index < -0.39 is 0 Å². The lowest BCUT2D eigenvalue weighted by Crippen LogP contribution is -1.98. The first-order chi connectivity index (χ1) is 9.35. The normalized spacial score (nSPS) is 10.6. The zero-order valence-corrected chi connectivity index (χ0v) is 10.7. The second-order valence-electron chi connectivity index (χ2n) is 4.27. The van der Waals surface area contributed by atoms with Gasteiger partial charge in [-0.2, -0.15) is 0 Å². The molecule has 0 atom stereocenters. The van der Waals surface area contributed by atoms with Crippen LogP contribution in [0.5, 0.6) is 0 Å². The summed E-state index contributed by atoms with van der Waals surface area (Å²) in [6, 6.07) is 11.8. The predicted molar refractivity (Wildman–Crippen MR) is 76.4 cm³/mol. The summed E-state index contributed by atoms with van der Waals surface area (Å²) in [5.41, 5.74) is 3.01. The number of nitrogens with one attached hydrogen (secondary N) is 1. The van der Waals surface area contributed by atoms with Crippen LogP contribution in [-0.4, -0.2) is 15.0 Å². The van der Waals surface area contributed by atoms with Crippen molar-refractivity contribution >= 4 is 22.7 Å². The number of anilines is 2. The van der Waals surface area contributed by atoms with Gasteiger partial charge in [-0.15, -0.1) is 0 Å². The molecule has 0 spiro atoms. The van der Waals surface area contributed by atoms with Gasteiger partial charge < -0.3 is 5.32 Å². The molecule has 0 aliphatic carbocycles. The van der Waals surface area contributed by atoms with Crippen molar-refractivity contribution in [3.63, 3.8) is 0 Å². The lowest BCUT2D eigenvalue weighted by atomic mass is 10.2. The summed E-state index contributed by atoms with van der Waals surface area (Å²) < 4.78 is 0. The molecular formula is C15H14N4. The Balaban J connectivity index is 1.92. The molecule has 4 nitrogen and oxygen atoms in total. The van der Waals surface area contributed by atoms with E-state index in [2.05, 4.69) is 27.2 Å². The Kier molecular flexibility index (Phi) is 3.06. The number of aryl methyl sites for hydroxylation is 1. The third kappa shape index (κ3) is 2.52. The zero-order valence-electron chi connectivity index (χ0n) is 10.7. The zero-order chi connectivity index (χ0) is 13.1. The van der Waals surface area contributed by atoms with Gasteiger partial charge in [0.15, 0.2) is 5.82 Å². The van der Waals surface area contributed by atoms with Crippen molar-refractivity contribution in [1.82, 2.24) is 15.0 Å². The quantitative estimate of drug-likeness (QED) is 0.774. The third-order valence-electron chi connectivity index (χ3n) is 2.94. The van der Waals surface area contributed by atoms with Crippen LogP contribution in [0.3, 0.4) is 0 Å². The molecule has 0 radical (unpaired) electrons. The molecule has 0 aliphatic rings. The molecular weight excluding hydrogens is 236 g/mol. The predicted octanol–water partition coefficient (Wildman–Crippen LogP) is 3.33. The summed E-state index contributed by atoms with van der Waals surface area (Å²) in [4.78, 5) is 13.2. The number of rotatable bonds is 3. The van der Waals surface area contributed by atoms with Gasteiger partial charge in [0.2, 0.25) is 0 Å². The van der Waals surface area contributed by atoms with Crippen LogP contribution in [0.4, 0.5) is 11.6 Å². The Labute approximate surface area is 111 Å². The van der Waals surface area contributed by atoms with Gasteiger partial charge in [0, 0.05) is 6.20 Å². The molecule has 0 unspecified atom stereocenters. The second kappa shape index (κ2) is 5.02. The first-order valence-corrected chi connectivity index (χ1v) is 6.29. The number of nitrogens with zero attached hydrogens (tertiary/aromatic N) is 3. The fraction of sp³-hybridized carbons (Fsp3) is 0.133. The lowest BCUT2D eigenvalue weighted by Gasteiger charge is -2.06. The number of para-hydroxylation sites is 2. The second-order valence-corrected chi connectivity index (χ2v) is 4.27. The van der Waals surface area contributed by atoms with E-state index in [0.717, 1.165) is 23.3 Å². The minimum Gasteiger partial charge on any atom is -0.324 e. The highest BCUT2D eigenvalue weighted by atomic mass is 15.1. The Hall–Kier alpha value is -2.49. The van der Waals surface area contributed by atoms with Gasteiger partial charge in [0.25, 0.3) is 0 Å². The third-order valence-corrected chi connectivity index (χ3v) is 2.94. The maximum atomic E-state index is 4.51. The summed E-state index contributed by atoms with van der Waals surface area (Å²) in [6.45, 7) is 2.12. The van der Waals surface area contributed by atoms with Gasteiger partial charge in [0.05, 0.1) is 17.2 Å². The average Bonchev–Trinajstić information content (AvgIpc) is 2.47. The van der Waals surface area contributed by atoms with Gasteiger partial charge in [0.1, 0.15) is 5.82 Å². The van der Waals surface area contributed by atoms with E-state index in [9.17, 15) is 0 Å². The number of aromatic nitrogens is 3. The molecule has 0 saturated heterocycles. The van der Waals surface area contributed by atoms with Crippen molar-refractivity contribution < 1.29 is 0 Å². The molecule has 0 amide bonds. The summed E-state index contributed by atoms with van der Waals surface area (Å²) in [5.74, 6) is 1.50. The van der Waals surface area contributed by atoms with Crippen LogP contribution in [0, 0.1) is 0 Å². The van der Waals surface area contributed by atoms with Crippen LogP contribution in [0.2, 0.25) is 0 Å². The maximum Gasteiger partial charge on any atom is 0.150 e. The van der Waals surface area contributed by atoms with E-state index in [0.29, 0.717) is 5.82 Å². The van der Waals surface area contributed by atoms with Crippen LogP contribution in [0.1, 0.15) is 12.5 Å². The Bertz CT molecular complexity index is 709. The molecule has 3 aromatic rings. The molecule has 0 aliphatic heterocycles. The fourth-order valence-corrected chi connectivity index (χ4v) is 1.91. The molecule has 94 valence electrons. The highest BCUT2D eigenvalue weighted by Crippen LogP contribution is 2.16. The van der Waals surface area contributed by atoms with Crippen LogP contribution >= 0.6 is 0 Å². The number of hydrogen-bond donors (Lipinski definition) is 1. The topological polar surface area (TPSA) is 50.7 Å². The average molecular weight is 250 g/mol. The van der Waals surface area contributed by atoms with Crippen molar-refractivity contribution in [3.05, 3.63) is 54.4 Å².